The van der Waals surface area contributed by atoms with E-state index in [1.54, 1.807) is 0 Å². The number of pyridine rings is 2. The van der Waals surface area contributed by atoms with E-state index in [9.17, 15) is 10.4 Å². The van der Waals surface area contributed by atoms with Crippen molar-refractivity contribution in [3.8, 4) is 18.0 Å². The van der Waals surface area contributed by atoms with Crippen LogP contribution in [0.15, 0.2) is 12.1 Å². The van der Waals surface area contributed by atoms with Crippen LogP contribution in [0, 0.1) is 29.6 Å². The standard InChI is InChI=1S/C23H25ClN6O2/c1-14-15(3-4-20(28-14)32-16-9-23(2,31)10-16)12-30-8-5-17-19(13-30)18(11-26)21(24)29-22(17)27-7-6-25/h3-4,16,31H,5,7-10,12-13H2,1-2H3,(H,27,29)/t16-,23+. The predicted octanol–water partition coefficient (Wildman–Crippen LogP) is 3.10. The molecule has 0 saturated heterocycles. The molecule has 32 heavy (non-hydrogen) atoms. The number of aryl methyl sites for hydroxylation is 1. The zero-order valence-corrected chi connectivity index (χ0v) is 18.9. The van der Waals surface area contributed by atoms with Gasteiger partial charge in [0, 0.05) is 49.8 Å². The molecule has 0 atom stereocenters. The van der Waals surface area contributed by atoms with Gasteiger partial charge in [0.05, 0.1) is 17.2 Å². The highest BCUT2D eigenvalue weighted by Crippen LogP contribution is 2.35. The molecule has 9 heteroatoms. The second-order valence-electron chi connectivity index (χ2n) is 8.71. The minimum absolute atomic E-state index is 0.00736. The van der Waals surface area contributed by atoms with Crippen LogP contribution in [0.2, 0.25) is 5.15 Å². The molecule has 2 N–H and O–H groups in total. The van der Waals surface area contributed by atoms with Gasteiger partial charge in [0.15, 0.2) is 0 Å². The number of hydrogen-bond acceptors (Lipinski definition) is 8. The second-order valence-corrected chi connectivity index (χ2v) is 9.06. The molecule has 2 aliphatic rings. The third kappa shape index (κ3) is 4.63. The smallest absolute Gasteiger partial charge is 0.213 e. The number of anilines is 1. The predicted molar refractivity (Wildman–Crippen MR) is 119 cm³/mol. The first-order chi connectivity index (χ1) is 15.3. The number of nitrogens with one attached hydrogen (secondary N) is 1. The third-order valence-electron chi connectivity index (χ3n) is 6.06. The number of aromatic nitrogens is 2. The second kappa shape index (κ2) is 8.91. The summed E-state index contributed by atoms with van der Waals surface area (Å²) >= 11 is 6.26. The van der Waals surface area contributed by atoms with Crippen molar-refractivity contribution < 1.29 is 9.84 Å². The first-order valence-electron chi connectivity index (χ1n) is 10.6. The lowest BCUT2D eigenvalue weighted by Crippen LogP contribution is -2.47. The van der Waals surface area contributed by atoms with Gasteiger partial charge >= 0.3 is 0 Å². The summed E-state index contributed by atoms with van der Waals surface area (Å²) < 4.78 is 5.87. The van der Waals surface area contributed by atoms with Gasteiger partial charge < -0.3 is 15.2 Å². The lowest BCUT2D eigenvalue weighted by Gasteiger charge is -2.40. The van der Waals surface area contributed by atoms with Crippen molar-refractivity contribution in [2.45, 2.75) is 57.9 Å². The van der Waals surface area contributed by atoms with Gasteiger partial charge in [-0.3, -0.25) is 4.90 Å². The Morgan fingerprint density at radius 3 is 2.75 bits per heavy atom. The summed E-state index contributed by atoms with van der Waals surface area (Å²) in [5.74, 6) is 1.16. The summed E-state index contributed by atoms with van der Waals surface area (Å²) in [5.41, 5.74) is 3.56. The van der Waals surface area contributed by atoms with E-state index in [-0.39, 0.29) is 17.8 Å². The van der Waals surface area contributed by atoms with Gasteiger partial charge in [-0.2, -0.15) is 10.5 Å². The van der Waals surface area contributed by atoms with Gasteiger partial charge in [0.1, 0.15) is 29.7 Å². The maximum absolute atomic E-state index is 9.87. The van der Waals surface area contributed by atoms with Gasteiger partial charge in [-0.15, -0.1) is 0 Å². The Kier molecular flexibility index (Phi) is 6.21. The van der Waals surface area contributed by atoms with Crippen LogP contribution >= 0.6 is 11.6 Å². The molecular weight excluding hydrogens is 428 g/mol. The molecule has 4 rings (SSSR count). The summed E-state index contributed by atoms with van der Waals surface area (Å²) in [6.45, 7) is 5.94. The summed E-state index contributed by atoms with van der Waals surface area (Å²) in [7, 11) is 0. The van der Waals surface area contributed by atoms with E-state index in [0.29, 0.717) is 49.6 Å². The third-order valence-corrected chi connectivity index (χ3v) is 6.33. The van der Waals surface area contributed by atoms with Crippen molar-refractivity contribution in [2.24, 2.45) is 0 Å². The highest BCUT2D eigenvalue weighted by atomic mass is 35.5. The van der Waals surface area contributed by atoms with Crippen LogP contribution in [-0.4, -0.2) is 44.8 Å². The number of nitriles is 2. The number of hydrogen-bond donors (Lipinski definition) is 2. The Morgan fingerprint density at radius 1 is 1.31 bits per heavy atom. The van der Waals surface area contributed by atoms with Crippen LogP contribution in [0.25, 0.3) is 0 Å². The highest BCUT2D eigenvalue weighted by Gasteiger charge is 2.40. The molecule has 3 heterocycles. The molecule has 1 saturated carbocycles. The SMILES string of the molecule is Cc1nc(O[C@H]2C[C@@](C)(O)C2)ccc1CN1CCc2c(NCC#N)nc(Cl)c(C#N)c2C1. The minimum Gasteiger partial charge on any atom is -0.474 e. The van der Waals surface area contributed by atoms with Crippen LogP contribution in [0.4, 0.5) is 5.82 Å². The van der Waals surface area contributed by atoms with Gasteiger partial charge in [-0.25, -0.2) is 9.97 Å². The normalized spacial score (nSPS) is 22.2. The van der Waals surface area contributed by atoms with Crippen LogP contribution in [0.3, 0.4) is 0 Å². The minimum atomic E-state index is -0.630. The average Bonchev–Trinajstić information content (AvgIpc) is 2.72. The van der Waals surface area contributed by atoms with Crippen molar-refractivity contribution in [1.82, 2.24) is 14.9 Å². The van der Waals surface area contributed by atoms with Crippen LogP contribution in [0.5, 0.6) is 5.88 Å². The number of nitrogens with zero attached hydrogens (tertiary/aromatic N) is 5. The first kappa shape index (κ1) is 22.3. The fourth-order valence-corrected chi connectivity index (χ4v) is 4.63. The molecule has 0 unspecified atom stereocenters. The van der Waals surface area contributed by atoms with Crippen LogP contribution in [0.1, 0.15) is 47.7 Å². The number of aliphatic hydroxyl groups is 1. The van der Waals surface area contributed by atoms with Crippen LogP contribution < -0.4 is 10.1 Å². The Balaban J connectivity index is 1.48. The highest BCUT2D eigenvalue weighted by molar-refractivity contribution is 6.30. The van der Waals surface area contributed by atoms with Crippen molar-refractivity contribution in [2.75, 3.05) is 18.4 Å². The number of fused-ring (bicyclic) bond motifs is 1. The molecule has 0 spiro atoms. The summed E-state index contributed by atoms with van der Waals surface area (Å²) in [6, 6.07) is 8.13. The molecule has 1 aliphatic heterocycles. The topological polar surface area (TPSA) is 118 Å². The summed E-state index contributed by atoms with van der Waals surface area (Å²) in [4.78, 5) is 11.1. The Labute approximate surface area is 192 Å². The maximum atomic E-state index is 9.87. The molecule has 0 bridgehead atoms. The lowest BCUT2D eigenvalue weighted by molar-refractivity contribution is -0.0903. The van der Waals surface area contributed by atoms with Gasteiger partial charge in [0.2, 0.25) is 5.88 Å². The van der Waals surface area contributed by atoms with E-state index in [1.165, 1.54) is 0 Å². The molecule has 0 amide bonds. The quantitative estimate of drug-likeness (QED) is 0.507. The molecule has 1 fully saturated rings. The lowest BCUT2D eigenvalue weighted by atomic mass is 9.79. The van der Waals surface area contributed by atoms with Gasteiger partial charge in [0.25, 0.3) is 0 Å². The molecule has 2 aromatic rings. The van der Waals surface area contributed by atoms with E-state index in [4.69, 9.17) is 21.6 Å². The Hall–Kier alpha value is -2.91. The Bertz CT molecular complexity index is 1110. The first-order valence-corrected chi connectivity index (χ1v) is 11.0. The molecule has 8 nitrogen and oxygen atoms in total. The van der Waals surface area contributed by atoms with E-state index >= 15 is 0 Å². The van der Waals surface area contributed by atoms with E-state index < -0.39 is 5.60 Å². The zero-order valence-electron chi connectivity index (χ0n) is 18.2. The molecule has 2 aromatic heterocycles. The maximum Gasteiger partial charge on any atom is 0.213 e. The molecule has 0 aromatic carbocycles. The average molecular weight is 453 g/mol. The number of halogens is 1. The van der Waals surface area contributed by atoms with Crippen molar-refractivity contribution in [3.05, 3.63) is 45.2 Å². The van der Waals surface area contributed by atoms with Gasteiger partial charge in [-0.05, 0) is 31.4 Å². The van der Waals surface area contributed by atoms with Crippen molar-refractivity contribution in [1.29, 1.82) is 10.5 Å². The van der Waals surface area contributed by atoms with E-state index in [2.05, 4.69) is 26.3 Å². The zero-order chi connectivity index (χ0) is 22.9. The van der Waals surface area contributed by atoms with Crippen molar-refractivity contribution in [3.63, 3.8) is 0 Å². The molecule has 166 valence electrons. The number of ether oxygens (including phenoxy) is 1. The van der Waals surface area contributed by atoms with E-state index in [0.717, 1.165) is 28.9 Å². The molecule has 0 radical (unpaired) electrons. The molecule has 1 aliphatic carbocycles. The molecular formula is C23H25ClN6O2. The monoisotopic (exact) mass is 452 g/mol. The van der Waals surface area contributed by atoms with E-state index in [1.807, 2.05) is 32.0 Å². The fraction of sp³-hybridized carbons (Fsp3) is 0.478. The summed E-state index contributed by atoms with van der Waals surface area (Å²) in [5, 5.41) is 31.5. The van der Waals surface area contributed by atoms with Crippen LogP contribution in [-0.2, 0) is 19.5 Å². The summed E-state index contributed by atoms with van der Waals surface area (Å²) in [6.07, 6.45) is 1.95. The largest absolute Gasteiger partial charge is 0.474 e. The fourth-order valence-electron chi connectivity index (χ4n) is 4.39. The van der Waals surface area contributed by atoms with Crippen molar-refractivity contribution >= 4 is 17.4 Å². The Morgan fingerprint density at radius 2 is 2.09 bits per heavy atom. The van der Waals surface area contributed by atoms with Gasteiger partial charge in [-0.1, -0.05) is 17.7 Å². The number of rotatable bonds is 6.